The number of likely N-dealkylation sites (N-methyl/N-ethyl adjacent to an activating group) is 1. The van der Waals surface area contributed by atoms with E-state index >= 15 is 0 Å². The Balaban J connectivity index is 2.15. The Hall–Kier alpha value is -1.42. The molecule has 1 aromatic carbocycles. The van der Waals surface area contributed by atoms with Crippen molar-refractivity contribution in [3.63, 3.8) is 0 Å². The molecule has 1 amide bonds. The van der Waals surface area contributed by atoms with Crippen LogP contribution in [-0.2, 0) is 0 Å². The molecule has 2 rings (SSSR count). The summed E-state index contributed by atoms with van der Waals surface area (Å²) in [4.78, 5) is 14.4. The molecule has 0 aromatic heterocycles. The van der Waals surface area contributed by atoms with Crippen LogP contribution in [0.4, 0.5) is 4.39 Å². The Morgan fingerprint density at radius 1 is 1.50 bits per heavy atom. The first-order chi connectivity index (χ1) is 8.39. The Bertz CT molecular complexity index is 475. The first-order valence-electron chi connectivity index (χ1n) is 6.17. The van der Waals surface area contributed by atoms with Crippen molar-refractivity contribution in [3.05, 3.63) is 35.1 Å². The van der Waals surface area contributed by atoms with E-state index in [1.54, 1.807) is 6.07 Å². The second kappa shape index (κ2) is 4.69. The van der Waals surface area contributed by atoms with Crippen molar-refractivity contribution >= 4 is 5.91 Å². The van der Waals surface area contributed by atoms with Crippen LogP contribution in [0.2, 0.25) is 0 Å². The van der Waals surface area contributed by atoms with Gasteiger partial charge in [0.2, 0.25) is 0 Å². The van der Waals surface area contributed by atoms with Gasteiger partial charge in [-0.05, 0) is 45.0 Å². The van der Waals surface area contributed by atoms with Crippen LogP contribution in [0.5, 0.6) is 0 Å². The summed E-state index contributed by atoms with van der Waals surface area (Å²) in [7, 11) is 2.03. The minimum atomic E-state index is -0.376. The third-order valence-corrected chi connectivity index (χ3v) is 3.52. The standard InChI is InChI=1S/C14H19FN2O/c1-10-4-5-11(15)8-12(10)13(18)16-14(2)6-7-17(3)9-14/h4-5,8H,6-7,9H2,1-3H3,(H,16,18). The van der Waals surface area contributed by atoms with Crippen molar-refractivity contribution in [1.82, 2.24) is 10.2 Å². The Morgan fingerprint density at radius 3 is 2.83 bits per heavy atom. The minimum absolute atomic E-state index is 0.190. The monoisotopic (exact) mass is 250 g/mol. The molecule has 4 heteroatoms. The average Bonchev–Trinajstić information content (AvgIpc) is 2.61. The first kappa shape index (κ1) is 13.0. The van der Waals surface area contributed by atoms with Gasteiger partial charge in [0.25, 0.3) is 5.91 Å². The number of nitrogens with zero attached hydrogens (tertiary/aromatic N) is 1. The molecule has 98 valence electrons. The van der Waals surface area contributed by atoms with Crippen LogP contribution in [0.15, 0.2) is 18.2 Å². The van der Waals surface area contributed by atoms with Gasteiger partial charge in [-0.15, -0.1) is 0 Å². The van der Waals surface area contributed by atoms with Crippen molar-refractivity contribution < 1.29 is 9.18 Å². The SMILES string of the molecule is Cc1ccc(F)cc1C(=O)NC1(C)CCN(C)C1. The molecule has 0 radical (unpaired) electrons. The lowest BCUT2D eigenvalue weighted by atomic mass is 10.00. The van der Waals surface area contributed by atoms with E-state index in [1.807, 2.05) is 20.9 Å². The van der Waals surface area contributed by atoms with Crippen LogP contribution in [0.1, 0.15) is 29.3 Å². The van der Waals surface area contributed by atoms with Gasteiger partial charge in [-0.2, -0.15) is 0 Å². The fourth-order valence-corrected chi connectivity index (χ4v) is 2.47. The zero-order valence-electron chi connectivity index (χ0n) is 11.1. The van der Waals surface area contributed by atoms with E-state index in [9.17, 15) is 9.18 Å². The molecule has 0 saturated carbocycles. The summed E-state index contributed by atoms with van der Waals surface area (Å²) < 4.78 is 13.2. The number of aryl methyl sites for hydroxylation is 1. The van der Waals surface area contributed by atoms with Gasteiger partial charge in [0.05, 0.1) is 5.54 Å². The van der Waals surface area contributed by atoms with Gasteiger partial charge in [-0.25, -0.2) is 4.39 Å². The summed E-state index contributed by atoms with van der Waals surface area (Å²) in [5.74, 6) is -0.566. The van der Waals surface area contributed by atoms with Crippen LogP contribution in [0.25, 0.3) is 0 Å². The number of likely N-dealkylation sites (tertiary alicyclic amines) is 1. The van der Waals surface area contributed by atoms with E-state index in [0.717, 1.165) is 25.1 Å². The van der Waals surface area contributed by atoms with Crippen molar-refractivity contribution in [3.8, 4) is 0 Å². The van der Waals surface area contributed by atoms with Gasteiger partial charge in [-0.1, -0.05) is 6.07 Å². The number of nitrogens with one attached hydrogen (secondary N) is 1. The second-order valence-corrected chi connectivity index (χ2v) is 5.46. The number of hydrogen-bond acceptors (Lipinski definition) is 2. The van der Waals surface area contributed by atoms with E-state index < -0.39 is 0 Å². The highest BCUT2D eigenvalue weighted by atomic mass is 19.1. The number of halogens is 1. The van der Waals surface area contributed by atoms with Gasteiger partial charge in [0, 0.05) is 18.7 Å². The molecular weight excluding hydrogens is 231 g/mol. The molecule has 1 aromatic rings. The smallest absolute Gasteiger partial charge is 0.252 e. The number of carbonyl (C=O) groups is 1. The van der Waals surface area contributed by atoms with Crippen molar-refractivity contribution in [2.45, 2.75) is 25.8 Å². The molecule has 3 nitrogen and oxygen atoms in total. The quantitative estimate of drug-likeness (QED) is 0.870. The molecule has 1 heterocycles. The molecular formula is C14H19FN2O. The number of hydrogen-bond donors (Lipinski definition) is 1. The van der Waals surface area contributed by atoms with E-state index in [0.29, 0.717) is 5.56 Å². The summed E-state index contributed by atoms with van der Waals surface area (Å²) in [6.07, 6.45) is 0.920. The Morgan fingerprint density at radius 2 is 2.22 bits per heavy atom. The van der Waals surface area contributed by atoms with Crippen LogP contribution in [0.3, 0.4) is 0 Å². The van der Waals surface area contributed by atoms with Gasteiger partial charge in [-0.3, -0.25) is 4.79 Å². The number of amides is 1. The van der Waals surface area contributed by atoms with Crippen LogP contribution < -0.4 is 5.32 Å². The largest absolute Gasteiger partial charge is 0.346 e. The molecule has 0 aliphatic carbocycles. The van der Waals surface area contributed by atoms with E-state index in [-0.39, 0.29) is 17.3 Å². The molecule has 1 N–H and O–H groups in total. The maximum absolute atomic E-state index is 13.2. The number of benzene rings is 1. The summed E-state index contributed by atoms with van der Waals surface area (Å²) in [6, 6.07) is 4.30. The first-order valence-corrected chi connectivity index (χ1v) is 6.17. The lowest BCUT2D eigenvalue weighted by Crippen LogP contribution is -2.47. The summed E-state index contributed by atoms with van der Waals surface area (Å²) in [5.41, 5.74) is 1.000. The predicted molar refractivity (Wildman–Crippen MR) is 69.1 cm³/mol. The summed E-state index contributed by atoms with van der Waals surface area (Å²) in [6.45, 7) is 5.65. The minimum Gasteiger partial charge on any atom is -0.346 e. The Kier molecular flexibility index (Phi) is 3.39. The summed E-state index contributed by atoms with van der Waals surface area (Å²) >= 11 is 0. The van der Waals surface area contributed by atoms with Gasteiger partial charge >= 0.3 is 0 Å². The highest BCUT2D eigenvalue weighted by Crippen LogP contribution is 2.20. The molecule has 0 bridgehead atoms. The van der Waals surface area contributed by atoms with E-state index in [4.69, 9.17) is 0 Å². The molecule has 1 unspecified atom stereocenters. The van der Waals surface area contributed by atoms with Crippen molar-refractivity contribution in [1.29, 1.82) is 0 Å². The molecule has 1 atom stereocenters. The topological polar surface area (TPSA) is 32.3 Å². The van der Waals surface area contributed by atoms with Crippen LogP contribution in [0, 0.1) is 12.7 Å². The summed E-state index contributed by atoms with van der Waals surface area (Å²) in [5, 5.41) is 3.02. The zero-order valence-corrected chi connectivity index (χ0v) is 11.1. The normalized spacial score (nSPS) is 24.2. The van der Waals surface area contributed by atoms with E-state index in [2.05, 4.69) is 10.2 Å². The maximum Gasteiger partial charge on any atom is 0.252 e. The molecule has 1 fully saturated rings. The molecule has 0 spiro atoms. The number of rotatable bonds is 2. The fourth-order valence-electron chi connectivity index (χ4n) is 2.47. The predicted octanol–water partition coefficient (Wildman–Crippen LogP) is 1.96. The number of carbonyl (C=O) groups excluding carboxylic acids is 1. The fraction of sp³-hybridized carbons (Fsp3) is 0.500. The molecule has 1 aliphatic heterocycles. The van der Waals surface area contributed by atoms with Gasteiger partial charge in [0.1, 0.15) is 5.82 Å². The maximum atomic E-state index is 13.2. The van der Waals surface area contributed by atoms with Crippen LogP contribution >= 0.6 is 0 Å². The van der Waals surface area contributed by atoms with Crippen LogP contribution in [-0.4, -0.2) is 36.5 Å². The molecule has 18 heavy (non-hydrogen) atoms. The molecule has 1 saturated heterocycles. The zero-order chi connectivity index (χ0) is 13.3. The third kappa shape index (κ3) is 2.70. The second-order valence-electron chi connectivity index (χ2n) is 5.46. The highest BCUT2D eigenvalue weighted by molar-refractivity contribution is 5.96. The highest BCUT2D eigenvalue weighted by Gasteiger charge is 2.33. The third-order valence-electron chi connectivity index (χ3n) is 3.52. The van der Waals surface area contributed by atoms with Crippen molar-refractivity contribution in [2.75, 3.05) is 20.1 Å². The van der Waals surface area contributed by atoms with Gasteiger partial charge < -0.3 is 10.2 Å². The lowest BCUT2D eigenvalue weighted by Gasteiger charge is -2.25. The average molecular weight is 250 g/mol. The molecule has 1 aliphatic rings. The van der Waals surface area contributed by atoms with E-state index in [1.165, 1.54) is 12.1 Å². The van der Waals surface area contributed by atoms with Crippen molar-refractivity contribution in [2.24, 2.45) is 0 Å². The lowest BCUT2D eigenvalue weighted by molar-refractivity contribution is 0.0908. The van der Waals surface area contributed by atoms with Gasteiger partial charge in [0.15, 0.2) is 0 Å². The Labute approximate surface area is 107 Å².